The Hall–Kier alpha value is -3.46. The average molecular weight is 405 g/mol. The molecule has 0 radical (unpaired) electrons. The van der Waals surface area contributed by atoms with Crippen LogP contribution < -0.4 is 10.6 Å². The van der Waals surface area contributed by atoms with E-state index >= 15 is 0 Å². The van der Waals surface area contributed by atoms with Crippen molar-refractivity contribution < 1.29 is 9.53 Å². The van der Waals surface area contributed by atoms with Gasteiger partial charge in [-0.15, -0.1) is 0 Å². The molecule has 1 saturated carbocycles. The summed E-state index contributed by atoms with van der Waals surface area (Å²) in [5.74, 6) is 0.552. The number of pyridine rings is 1. The predicted octanol–water partition coefficient (Wildman–Crippen LogP) is 2.23. The maximum atomic E-state index is 13.0. The van der Waals surface area contributed by atoms with Gasteiger partial charge in [-0.2, -0.15) is 9.61 Å². The molecule has 1 unspecified atom stereocenters. The third kappa shape index (κ3) is 2.81. The van der Waals surface area contributed by atoms with E-state index in [-0.39, 0.29) is 18.1 Å². The van der Waals surface area contributed by atoms with Crippen molar-refractivity contribution in [2.75, 3.05) is 19.5 Å². The van der Waals surface area contributed by atoms with Gasteiger partial charge in [0.05, 0.1) is 24.0 Å². The van der Waals surface area contributed by atoms with Crippen molar-refractivity contribution in [1.82, 2.24) is 29.5 Å². The Kier molecular flexibility index (Phi) is 4.39. The van der Waals surface area contributed by atoms with Gasteiger partial charge < -0.3 is 19.9 Å². The van der Waals surface area contributed by atoms with E-state index in [9.17, 15) is 4.79 Å². The monoisotopic (exact) mass is 405 g/mol. The summed E-state index contributed by atoms with van der Waals surface area (Å²) in [6.07, 6.45) is 7.27. The van der Waals surface area contributed by atoms with E-state index in [1.807, 2.05) is 43.1 Å². The van der Waals surface area contributed by atoms with E-state index in [0.717, 1.165) is 41.0 Å². The summed E-state index contributed by atoms with van der Waals surface area (Å²) >= 11 is 0. The van der Waals surface area contributed by atoms with Crippen LogP contribution in [0.2, 0.25) is 0 Å². The van der Waals surface area contributed by atoms with Gasteiger partial charge >= 0.3 is 0 Å². The zero-order chi connectivity index (χ0) is 20.8. The fourth-order valence-electron chi connectivity index (χ4n) is 4.02. The lowest BCUT2D eigenvalue weighted by atomic mass is 9.89. The van der Waals surface area contributed by atoms with Gasteiger partial charge in [-0.05, 0) is 25.0 Å². The molecule has 0 spiro atoms. The molecular formula is C21H23N7O2. The molecule has 4 aromatic rings. The standard InChI is InChI=1S/C21H23N7O2/c1-22-18-9-16(14-11-27(2)19-12(14)5-4-8-23-19)25-20-13(10-24-28(18)20)21(29)26-15-6-7-17(15)30-3/h4-5,8-11,15,17,22H,6-7H2,1-3H3,(H,26,29)/t15?,17-/m0/s1. The van der Waals surface area contributed by atoms with Crippen LogP contribution in [0.15, 0.2) is 36.8 Å². The Bertz CT molecular complexity index is 1260. The molecule has 1 fully saturated rings. The minimum absolute atomic E-state index is 0.0218. The molecule has 4 heterocycles. The number of aromatic nitrogens is 5. The van der Waals surface area contributed by atoms with Gasteiger partial charge in [-0.3, -0.25) is 4.79 Å². The zero-order valence-corrected chi connectivity index (χ0v) is 17.1. The van der Waals surface area contributed by atoms with Crippen LogP contribution in [0.1, 0.15) is 23.2 Å². The van der Waals surface area contributed by atoms with Gasteiger partial charge in [-0.1, -0.05) is 0 Å². The first-order chi connectivity index (χ1) is 14.6. The van der Waals surface area contributed by atoms with Crippen molar-refractivity contribution in [3.05, 3.63) is 42.4 Å². The van der Waals surface area contributed by atoms with Crippen molar-refractivity contribution in [3.63, 3.8) is 0 Å². The Balaban J connectivity index is 1.61. The number of fused-ring (bicyclic) bond motifs is 2. The third-order valence-electron chi connectivity index (χ3n) is 5.81. The molecule has 0 bridgehead atoms. The van der Waals surface area contributed by atoms with Crippen molar-refractivity contribution in [2.45, 2.75) is 25.0 Å². The first kappa shape index (κ1) is 18.6. The number of carbonyl (C=O) groups excluding carboxylic acids is 1. The molecular weight excluding hydrogens is 382 g/mol. The van der Waals surface area contributed by atoms with Crippen LogP contribution >= 0.6 is 0 Å². The molecule has 0 aromatic carbocycles. The minimum Gasteiger partial charge on any atom is -0.379 e. The second-order valence-corrected chi connectivity index (χ2v) is 7.53. The van der Waals surface area contributed by atoms with E-state index in [2.05, 4.69) is 20.7 Å². The number of nitrogens with zero attached hydrogens (tertiary/aromatic N) is 5. The average Bonchev–Trinajstić information content (AvgIpc) is 3.32. The molecule has 154 valence electrons. The number of amides is 1. The number of aryl methyl sites for hydroxylation is 1. The molecule has 9 heteroatoms. The van der Waals surface area contributed by atoms with Gasteiger partial charge in [0.1, 0.15) is 17.0 Å². The Morgan fingerprint density at radius 1 is 1.30 bits per heavy atom. The molecule has 5 rings (SSSR count). The summed E-state index contributed by atoms with van der Waals surface area (Å²) in [7, 11) is 5.45. The molecule has 9 nitrogen and oxygen atoms in total. The largest absolute Gasteiger partial charge is 0.379 e. The highest BCUT2D eigenvalue weighted by atomic mass is 16.5. The summed E-state index contributed by atoms with van der Waals surface area (Å²) in [6.45, 7) is 0. The molecule has 2 N–H and O–H groups in total. The van der Waals surface area contributed by atoms with Crippen LogP contribution in [0.3, 0.4) is 0 Å². The topological polar surface area (TPSA) is 98.4 Å². The van der Waals surface area contributed by atoms with E-state index < -0.39 is 0 Å². The smallest absolute Gasteiger partial charge is 0.257 e. The Labute approximate surface area is 173 Å². The van der Waals surface area contributed by atoms with Gasteiger partial charge in [0.15, 0.2) is 5.65 Å². The van der Waals surface area contributed by atoms with Crippen molar-refractivity contribution in [3.8, 4) is 11.3 Å². The number of hydrogen-bond acceptors (Lipinski definition) is 6. The summed E-state index contributed by atoms with van der Waals surface area (Å²) in [5.41, 5.74) is 3.52. The van der Waals surface area contributed by atoms with Crippen molar-refractivity contribution in [2.24, 2.45) is 7.05 Å². The molecule has 2 atom stereocenters. The number of rotatable bonds is 5. The van der Waals surface area contributed by atoms with Crippen LogP contribution in [0.4, 0.5) is 5.82 Å². The highest BCUT2D eigenvalue weighted by Gasteiger charge is 2.33. The summed E-state index contributed by atoms with van der Waals surface area (Å²) in [6, 6.07) is 5.88. The maximum absolute atomic E-state index is 13.0. The fraction of sp³-hybridized carbons (Fsp3) is 0.333. The lowest BCUT2D eigenvalue weighted by Gasteiger charge is -2.35. The molecule has 1 amide bonds. The number of nitrogens with one attached hydrogen (secondary N) is 2. The fourth-order valence-corrected chi connectivity index (χ4v) is 4.02. The number of carbonyl (C=O) groups is 1. The van der Waals surface area contributed by atoms with Gasteiger partial charge in [-0.25, -0.2) is 9.97 Å². The molecule has 0 saturated heterocycles. The lowest BCUT2D eigenvalue weighted by Crippen LogP contribution is -2.51. The lowest BCUT2D eigenvalue weighted by molar-refractivity contribution is 0.00732. The van der Waals surface area contributed by atoms with Gasteiger partial charge in [0.2, 0.25) is 0 Å². The molecule has 0 aliphatic heterocycles. The normalized spacial score (nSPS) is 18.5. The SMILES string of the molecule is CNc1cc(-c2cn(C)c3ncccc23)nc2c(C(=O)NC3CC[C@@H]3OC)cnn12. The minimum atomic E-state index is -0.192. The van der Waals surface area contributed by atoms with Crippen LogP contribution in [0.25, 0.3) is 27.9 Å². The first-order valence-electron chi connectivity index (χ1n) is 9.91. The maximum Gasteiger partial charge on any atom is 0.257 e. The second-order valence-electron chi connectivity index (χ2n) is 7.53. The van der Waals surface area contributed by atoms with Crippen molar-refractivity contribution in [1.29, 1.82) is 0 Å². The summed E-state index contributed by atoms with van der Waals surface area (Å²) < 4.78 is 9.01. The second kappa shape index (κ2) is 7.10. The first-order valence-corrected chi connectivity index (χ1v) is 9.91. The number of hydrogen-bond donors (Lipinski definition) is 2. The Morgan fingerprint density at radius 3 is 2.90 bits per heavy atom. The summed E-state index contributed by atoms with van der Waals surface area (Å²) in [5, 5.41) is 11.6. The molecule has 1 aliphatic carbocycles. The van der Waals surface area contributed by atoms with Crippen LogP contribution in [0, 0.1) is 0 Å². The Morgan fingerprint density at radius 2 is 2.17 bits per heavy atom. The van der Waals surface area contributed by atoms with Gasteiger partial charge in [0, 0.05) is 50.6 Å². The predicted molar refractivity (Wildman–Crippen MR) is 114 cm³/mol. The number of anilines is 1. The number of methoxy groups -OCH3 is 1. The van der Waals surface area contributed by atoms with E-state index in [1.54, 1.807) is 24.0 Å². The molecule has 1 aliphatic rings. The summed E-state index contributed by atoms with van der Waals surface area (Å²) in [4.78, 5) is 22.2. The molecule has 30 heavy (non-hydrogen) atoms. The number of ether oxygens (including phenoxy) is 1. The zero-order valence-electron chi connectivity index (χ0n) is 17.1. The van der Waals surface area contributed by atoms with Crippen LogP contribution in [-0.4, -0.2) is 56.4 Å². The van der Waals surface area contributed by atoms with Crippen molar-refractivity contribution >= 4 is 28.4 Å². The highest BCUT2D eigenvalue weighted by molar-refractivity contribution is 6.01. The van der Waals surface area contributed by atoms with Gasteiger partial charge in [0.25, 0.3) is 5.91 Å². The van der Waals surface area contributed by atoms with Crippen LogP contribution in [0.5, 0.6) is 0 Å². The van der Waals surface area contributed by atoms with E-state index in [4.69, 9.17) is 9.72 Å². The molecule has 4 aromatic heterocycles. The highest BCUT2D eigenvalue weighted by Crippen LogP contribution is 2.30. The quantitative estimate of drug-likeness (QED) is 0.528. The van der Waals surface area contributed by atoms with Crippen LogP contribution in [-0.2, 0) is 11.8 Å². The van der Waals surface area contributed by atoms with E-state index in [1.165, 1.54) is 0 Å². The third-order valence-corrected chi connectivity index (χ3v) is 5.81. The van der Waals surface area contributed by atoms with E-state index in [0.29, 0.717) is 11.2 Å².